The smallest absolute Gasteiger partial charge is 0.141 e. The van der Waals surface area contributed by atoms with Crippen LogP contribution in [0.15, 0.2) is 42.6 Å². The zero-order valence-electron chi connectivity index (χ0n) is 11.2. The van der Waals surface area contributed by atoms with Crippen molar-refractivity contribution < 1.29 is 14.6 Å². The summed E-state index contributed by atoms with van der Waals surface area (Å²) in [5.41, 5.74) is 1.40. The van der Waals surface area contributed by atoms with Gasteiger partial charge in [-0.15, -0.1) is 0 Å². The van der Waals surface area contributed by atoms with Crippen LogP contribution in [0.3, 0.4) is 0 Å². The van der Waals surface area contributed by atoms with E-state index in [9.17, 15) is 5.11 Å². The van der Waals surface area contributed by atoms with E-state index in [0.717, 1.165) is 16.7 Å². The first-order valence-corrected chi connectivity index (χ1v) is 6.12. The summed E-state index contributed by atoms with van der Waals surface area (Å²) in [6.07, 6.45) is 1.84. The minimum Gasteiger partial charge on any atom is -0.506 e. The molecule has 1 heterocycles. The number of benzene rings is 2. The zero-order valence-corrected chi connectivity index (χ0v) is 11.2. The predicted molar refractivity (Wildman–Crippen MR) is 75.8 cm³/mol. The average molecular weight is 270 g/mol. The maximum Gasteiger partial charge on any atom is 0.141 e. The van der Waals surface area contributed by atoms with Gasteiger partial charge in [-0.25, -0.2) is 4.68 Å². The molecule has 0 aliphatic rings. The number of methoxy groups -OCH3 is 2. The van der Waals surface area contributed by atoms with Crippen LogP contribution >= 0.6 is 0 Å². The molecule has 0 spiro atoms. The van der Waals surface area contributed by atoms with Gasteiger partial charge in [-0.05, 0) is 30.3 Å². The second-order valence-corrected chi connectivity index (χ2v) is 4.35. The molecule has 3 rings (SSSR count). The largest absolute Gasteiger partial charge is 0.506 e. The maximum absolute atomic E-state index is 9.97. The molecule has 0 amide bonds. The number of phenolic OH excluding ortho intramolecular Hbond substituents is 1. The molecule has 102 valence electrons. The van der Waals surface area contributed by atoms with Crippen LogP contribution in [0.4, 0.5) is 0 Å². The summed E-state index contributed by atoms with van der Waals surface area (Å²) in [5, 5.41) is 15.3. The van der Waals surface area contributed by atoms with Crippen molar-refractivity contribution in [1.82, 2.24) is 9.78 Å². The number of nitrogens with zero attached hydrogens (tertiary/aromatic N) is 2. The third-order valence-electron chi connectivity index (χ3n) is 3.14. The van der Waals surface area contributed by atoms with Crippen LogP contribution in [0.25, 0.3) is 16.6 Å². The zero-order chi connectivity index (χ0) is 14.1. The highest BCUT2D eigenvalue weighted by Gasteiger charge is 2.09. The number of fused-ring (bicyclic) bond motifs is 1. The molecule has 0 saturated carbocycles. The van der Waals surface area contributed by atoms with E-state index in [2.05, 4.69) is 5.10 Å². The number of ether oxygens (including phenoxy) is 2. The molecule has 0 aliphatic heterocycles. The molecule has 1 N–H and O–H groups in total. The van der Waals surface area contributed by atoms with Gasteiger partial charge in [-0.3, -0.25) is 0 Å². The molecule has 0 saturated heterocycles. The lowest BCUT2D eigenvalue weighted by atomic mass is 10.2. The molecule has 20 heavy (non-hydrogen) atoms. The van der Waals surface area contributed by atoms with Gasteiger partial charge in [-0.1, -0.05) is 0 Å². The average Bonchev–Trinajstić information content (AvgIpc) is 2.90. The van der Waals surface area contributed by atoms with Crippen LogP contribution in [0.1, 0.15) is 0 Å². The van der Waals surface area contributed by atoms with Crippen LogP contribution in [-0.4, -0.2) is 29.1 Å². The molecule has 2 aromatic carbocycles. The Bertz CT molecular complexity index is 765. The second kappa shape index (κ2) is 4.77. The Morgan fingerprint density at radius 1 is 1.00 bits per heavy atom. The summed E-state index contributed by atoms with van der Waals surface area (Å²) < 4.78 is 12.0. The molecule has 0 unspecified atom stereocenters. The van der Waals surface area contributed by atoms with Gasteiger partial charge < -0.3 is 14.6 Å². The van der Waals surface area contributed by atoms with Crippen molar-refractivity contribution in [3.63, 3.8) is 0 Å². The first-order valence-electron chi connectivity index (χ1n) is 6.12. The van der Waals surface area contributed by atoms with Gasteiger partial charge in [0.05, 0.1) is 19.7 Å². The molecule has 0 radical (unpaired) electrons. The van der Waals surface area contributed by atoms with E-state index < -0.39 is 0 Å². The Labute approximate surface area is 116 Å². The number of phenols is 1. The minimum absolute atomic E-state index is 0.144. The van der Waals surface area contributed by atoms with Crippen LogP contribution in [-0.2, 0) is 0 Å². The van der Waals surface area contributed by atoms with Gasteiger partial charge in [0.1, 0.15) is 22.9 Å². The normalized spacial score (nSPS) is 10.7. The predicted octanol–water partition coefficient (Wildman–Crippen LogP) is 2.75. The molecule has 1 aromatic heterocycles. The van der Waals surface area contributed by atoms with Crippen molar-refractivity contribution in [2.45, 2.75) is 0 Å². The quantitative estimate of drug-likeness (QED) is 0.795. The number of aromatic nitrogens is 2. The Morgan fingerprint density at radius 2 is 1.70 bits per heavy atom. The highest BCUT2D eigenvalue weighted by Crippen LogP contribution is 2.28. The Morgan fingerprint density at radius 3 is 2.45 bits per heavy atom. The standard InChI is InChI=1S/C15H14N2O3/c1-19-11-3-5-13-10(7-11)9-17(16-13)14-8-12(20-2)4-6-15(14)18/h3-9,18H,1-2H3. The Balaban J connectivity index is 2.14. The lowest BCUT2D eigenvalue weighted by Crippen LogP contribution is -1.95. The second-order valence-electron chi connectivity index (χ2n) is 4.35. The van der Waals surface area contributed by atoms with Gasteiger partial charge in [-0.2, -0.15) is 5.10 Å². The molecule has 0 bridgehead atoms. The van der Waals surface area contributed by atoms with Gasteiger partial charge in [0, 0.05) is 17.6 Å². The SMILES string of the molecule is COc1ccc(O)c(-n2cc3cc(OC)ccc3n2)c1. The first-order chi connectivity index (χ1) is 9.71. The summed E-state index contributed by atoms with van der Waals surface area (Å²) in [5.74, 6) is 1.58. The summed E-state index contributed by atoms with van der Waals surface area (Å²) in [6.45, 7) is 0. The van der Waals surface area contributed by atoms with Crippen LogP contribution in [0, 0.1) is 0 Å². The first kappa shape index (κ1) is 12.3. The fraction of sp³-hybridized carbons (Fsp3) is 0.133. The van der Waals surface area contributed by atoms with Crippen LogP contribution < -0.4 is 9.47 Å². The maximum atomic E-state index is 9.97. The number of hydrogen-bond donors (Lipinski definition) is 1. The summed E-state index contributed by atoms with van der Waals surface area (Å²) in [7, 11) is 3.21. The molecule has 0 fully saturated rings. The van der Waals surface area contributed by atoms with Gasteiger partial charge in [0.25, 0.3) is 0 Å². The highest BCUT2D eigenvalue weighted by molar-refractivity contribution is 5.80. The Kier molecular flexibility index (Phi) is 2.95. The monoisotopic (exact) mass is 270 g/mol. The number of hydrogen-bond acceptors (Lipinski definition) is 4. The van der Waals surface area contributed by atoms with E-state index in [4.69, 9.17) is 9.47 Å². The van der Waals surface area contributed by atoms with Crippen molar-refractivity contribution in [1.29, 1.82) is 0 Å². The number of rotatable bonds is 3. The summed E-state index contributed by atoms with van der Waals surface area (Å²) in [6, 6.07) is 10.6. The topological polar surface area (TPSA) is 56.5 Å². The lowest BCUT2D eigenvalue weighted by Gasteiger charge is -2.06. The lowest BCUT2D eigenvalue weighted by molar-refractivity contribution is 0.411. The van der Waals surface area contributed by atoms with E-state index in [1.54, 1.807) is 37.1 Å². The van der Waals surface area contributed by atoms with Gasteiger partial charge in [0.15, 0.2) is 0 Å². The van der Waals surface area contributed by atoms with Crippen LogP contribution in [0.5, 0.6) is 17.2 Å². The molecule has 0 atom stereocenters. The van der Waals surface area contributed by atoms with Crippen molar-refractivity contribution >= 4 is 10.9 Å². The fourth-order valence-electron chi connectivity index (χ4n) is 2.07. The van der Waals surface area contributed by atoms with Crippen molar-refractivity contribution in [2.24, 2.45) is 0 Å². The summed E-state index contributed by atoms with van der Waals surface area (Å²) >= 11 is 0. The van der Waals surface area contributed by atoms with Crippen molar-refractivity contribution in [2.75, 3.05) is 14.2 Å². The van der Waals surface area contributed by atoms with Crippen molar-refractivity contribution in [3.8, 4) is 22.9 Å². The van der Waals surface area contributed by atoms with E-state index in [-0.39, 0.29) is 5.75 Å². The number of aromatic hydroxyl groups is 1. The molecular weight excluding hydrogens is 256 g/mol. The van der Waals surface area contributed by atoms with E-state index in [1.165, 1.54) is 0 Å². The van der Waals surface area contributed by atoms with Crippen molar-refractivity contribution in [3.05, 3.63) is 42.6 Å². The molecule has 5 heteroatoms. The molecule has 3 aromatic rings. The summed E-state index contributed by atoms with van der Waals surface area (Å²) in [4.78, 5) is 0. The molecule has 0 aliphatic carbocycles. The van der Waals surface area contributed by atoms with Gasteiger partial charge >= 0.3 is 0 Å². The van der Waals surface area contributed by atoms with Crippen LogP contribution in [0.2, 0.25) is 0 Å². The minimum atomic E-state index is 0.144. The highest BCUT2D eigenvalue weighted by atomic mass is 16.5. The Hall–Kier alpha value is -2.69. The van der Waals surface area contributed by atoms with E-state index >= 15 is 0 Å². The fourth-order valence-corrected chi connectivity index (χ4v) is 2.07. The third-order valence-corrected chi connectivity index (χ3v) is 3.14. The van der Waals surface area contributed by atoms with E-state index in [0.29, 0.717) is 11.4 Å². The third kappa shape index (κ3) is 2.03. The molecular formula is C15H14N2O3. The van der Waals surface area contributed by atoms with E-state index in [1.807, 2.05) is 24.4 Å². The molecule has 5 nitrogen and oxygen atoms in total. The van der Waals surface area contributed by atoms with Gasteiger partial charge in [0.2, 0.25) is 0 Å².